The number of ether oxygens (including phenoxy) is 1. The second kappa shape index (κ2) is 7.20. The van der Waals surface area contributed by atoms with E-state index in [2.05, 4.69) is 25.5 Å². The second-order valence-electron chi connectivity index (χ2n) is 6.98. The maximum Gasteiger partial charge on any atom is 0.434 e. The number of aryl methyl sites for hydroxylation is 1. The van der Waals surface area contributed by atoms with Gasteiger partial charge in [0.2, 0.25) is 0 Å². The molecule has 158 valence electrons. The number of carbonyl (C=O) groups excluding carboxylic acids is 1. The van der Waals surface area contributed by atoms with Crippen LogP contribution in [0, 0.1) is 0 Å². The molecule has 1 fully saturated rings. The van der Waals surface area contributed by atoms with E-state index in [0.717, 1.165) is 0 Å². The summed E-state index contributed by atoms with van der Waals surface area (Å²) in [4.78, 5) is 17.7. The predicted molar refractivity (Wildman–Crippen MR) is 95.3 cm³/mol. The number of anilines is 1. The molecule has 1 aliphatic rings. The Kier molecular flexibility index (Phi) is 4.80. The summed E-state index contributed by atoms with van der Waals surface area (Å²) in [7, 11) is 1.63. The minimum absolute atomic E-state index is 0.103. The number of amides is 1. The third-order valence-corrected chi connectivity index (χ3v) is 4.96. The van der Waals surface area contributed by atoms with Crippen molar-refractivity contribution >= 4 is 11.6 Å². The number of carbonyl (C=O) groups is 1. The fraction of sp³-hybridized carbons (Fsp3) is 0.333. The first-order valence-electron chi connectivity index (χ1n) is 8.81. The van der Waals surface area contributed by atoms with Crippen molar-refractivity contribution in [3.05, 3.63) is 59.7 Å². The molecule has 2 aromatic heterocycles. The summed E-state index contributed by atoms with van der Waals surface area (Å²) in [5.41, 5.74) is -1.39. The van der Waals surface area contributed by atoms with Crippen LogP contribution in [-0.4, -0.2) is 43.9 Å². The molecule has 1 saturated heterocycles. The molecule has 1 atom stereocenters. The number of aromatic amines is 1. The molecule has 3 heterocycles. The number of alkyl halides is 4. The zero-order valence-electron chi connectivity index (χ0n) is 15.6. The van der Waals surface area contributed by atoms with E-state index in [1.165, 1.54) is 17.0 Å². The number of rotatable bonds is 5. The van der Waals surface area contributed by atoms with Gasteiger partial charge in [0.15, 0.2) is 23.5 Å². The molecule has 8 nitrogen and oxygen atoms in total. The topological polar surface area (TPSA) is 97.7 Å². The molecule has 1 aliphatic heterocycles. The summed E-state index contributed by atoms with van der Waals surface area (Å²) in [6.07, 6.45) is -4.17. The summed E-state index contributed by atoms with van der Waals surface area (Å²) in [6, 6.07) is 6.39. The van der Waals surface area contributed by atoms with E-state index < -0.39 is 35.2 Å². The van der Waals surface area contributed by atoms with Crippen LogP contribution in [0.5, 0.6) is 0 Å². The van der Waals surface area contributed by atoms with E-state index in [9.17, 15) is 18.0 Å². The number of nitrogens with one attached hydrogen (secondary N) is 2. The summed E-state index contributed by atoms with van der Waals surface area (Å²) >= 11 is 0. The molecule has 2 N–H and O–H groups in total. The van der Waals surface area contributed by atoms with Crippen LogP contribution in [0.2, 0.25) is 0 Å². The number of benzene rings is 1. The van der Waals surface area contributed by atoms with Gasteiger partial charge in [0.25, 0.3) is 5.91 Å². The van der Waals surface area contributed by atoms with Gasteiger partial charge in [0.05, 0.1) is 18.6 Å². The van der Waals surface area contributed by atoms with Crippen molar-refractivity contribution in [3.8, 4) is 0 Å². The molecule has 0 saturated carbocycles. The van der Waals surface area contributed by atoms with E-state index in [0.29, 0.717) is 11.8 Å². The molecule has 30 heavy (non-hydrogen) atoms. The van der Waals surface area contributed by atoms with Crippen LogP contribution in [0.4, 0.5) is 23.2 Å². The molecular formula is C18H16F4N6O2. The number of hydrogen-bond donors (Lipinski definition) is 2. The summed E-state index contributed by atoms with van der Waals surface area (Å²) < 4.78 is 60.1. The van der Waals surface area contributed by atoms with E-state index in [1.807, 2.05) is 0 Å². The van der Waals surface area contributed by atoms with Crippen LogP contribution < -0.4 is 5.32 Å². The van der Waals surface area contributed by atoms with Crippen LogP contribution in [-0.2, 0) is 23.4 Å². The van der Waals surface area contributed by atoms with Crippen molar-refractivity contribution in [2.75, 3.05) is 18.5 Å². The number of imidazole rings is 1. The van der Waals surface area contributed by atoms with Gasteiger partial charge in [-0.05, 0) is 17.7 Å². The zero-order chi connectivity index (χ0) is 21.5. The van der Waals surface area contributed by atoms with Gasteiger partial charge in [-0.3, -0.25) is 4.79 Å². The molecule has 1 amide bonds. The lowest BCUT2D eigenvalue weighted by molar-refractivity contribution is -0.140. The summed E-state index contributed by atoms with van der Waals surface area (Å²) in [6.45, 7) is 0.205. The predicted octanol–water partition coefficient (Wildman–Crippen LogP) is 2.79. The summed E-state index contributed by atoms with van der Waals surface area (Å²) in [5.74, 6) is -1.20. The SMILES string of the molecule is Cn1cnnc1C(F)C1(c2cccc(NC(=O)c3nc(C(F)(F)F)c[nH]3)c2)COC1. The van der Waals surface area contributed by atoms with Crippen molar-refractivity contribution < 1.29 is 27.1 Å². The van der Waals surface area contributed by atoms with Gasteiger partial charge < -0.3 is 19.6 Å². The average molecular weight is 424 g/mol. The van der Waals surface area contributed by atoms with Crippen LogP contribution in [0.15, 0.2) is 36.8 Å². The van der Waals surface area contributed by atoms with Gasteiger partial charge >= 0.3 is 6.18 Å². The van der Waals surface area contributed by atoms with E-state index >= 15 is 4.39 Å². The Morgan fingerprint density at radius 1 is 1.37 bits per heavy atom. The van der Waals surface area contributed by atoms with E-state index in [1.54, 1.807) is 25.2 Å². The lowest BCUT2D eigenvalue weighted by Gasteiger charge is -2.43. The smallest absolute Gasteiger partial charge is 0.379 e. The van der Waals surface area contributed by atoms with Crippen LogP contribution in [0.1, 0.15) is 33.9 Å². The first-order valence-corrected chi connectivity index (χ1v) is 8.81. The number of hydrogen-bond acceptors (Lipinski definition) is 5. The molecule has 1 aromatic carbocycles. The van der Waals surface area contributed by atoms with Crippen LogP contribution in [0.25, 0.3) is 0 Å². The second-order valence-corrected chi connectivity index (χ2v) is 6.98. The quantitative estimate of drug-likeness (QED) is 0.614. The highest BCUT2D eigenvalue weighted by Gasteiger charge is 2.50. The standard InChI is InChI=1S/C18H16F4N6O2/c1-28-9-24-27-15(28)13(19)17(7-30-8-17)10-3-2-4-11(5-10)25-16(29)14-23-6-12(26-14)18(20,21)22/h2-6,9,13H,7-8H2,1H3,(H,23,26)(H,25,29). The summed E-state index contributed by atoms with van der Waals surface area (Å²) in [5, 5.41) is 10.0. The maximum atomic E-state index is 15.4. The first kappa shape index (κ1) is 20.0. The lowest BCUT2D eigenvalue weighted by atomic mass is 9.74. The molecule has 0 bridgehead atoms. The Morgan fingerprint density at radius 3 is 2.70 bits per heavy atom. The van der Waals surface area contributed by atoms with Crippen molar-refractivity contribution in [2.45, 2.75) is 17.8 Å². The van der Waals surface area contributed by atoms with Gasteiger partial charge in [-0.2, -0.15) is 13.2 Å². The third kappa shape index (κ3) is 3.43. The molecule has 4 rings (SSSR count). The highest BCUT2D eigenvalue weighted by Crippen LogP contribution is 2.45. The zero-order valence-corrected chi connectivity index (χ0v) is 15.6. The number of H-pyrrole nitrogens is 1. The maximum absolute atomic E-state index is 15.4. The minimum Gasteiger partial charge on any atom is -0.379 e. The van der Waals surface area contributed by atoms with Gasteiger partial charge in [-0.1, -0.05) is 12.1 Å². The van der Waals surface area contributed by atoms with Crippen molar-refractivity contribution in [3.63, 3.8) is 0 Å². The highest BCUT2D eigenvalue weighted by atomic mass is 19.4. The third-order valence-electron chi connectivity index (χ3n) is 4.96. The van der Waals surface area contributed by atoms with Gasteiger partial charge in [0, 0.05) is 18.9 Å². The highest BCUT2D eigenvalue weighted by molar-refractivity contribution is 6.01. The number of aromatic nitrogens is 5. The number of halogens is 4. The van der Waals surface area contributed by atoms with Crippen molar-refractivity contribution in [1.82, 2.24) is 24.7 Å². The Morgan fingerprint density at radius 2 is 2.13 bits per heavy atom. The monoisotopic (exact) mass is 424 g/mol. The van der Waals surface area contributed by atoms with Crippen LogP contribution >= 0.6 is 0 Å². The number of nitrogens with zero attached hydrogens (tertiary/aromatic N) is 4. The molecular weight excluding hydrogens is 408 g/mol. The molecule has 1 unspecified atom stereocenters. The molecule has 0 aliphatic carbocycles. The van der Waals surface area contributed by atoms with Gasteiger partial charge in [-0.15, -0.1) is 10.2 Å². The van der Waals surface area contributed by atoms with Gasteiger partial charge in [-0.25, -0.2) is 9.37 Å². The van der Waals surface area contributed by atoms with Crippen molar-refractivity contribution in [1.29, 1.82) is 0 Å². The first-order chi connectivity index (χ1) is 14.2. The fourth-order valence-electron chi connectivity index (χ4n) is 3.23. The Balaban J connectivity index is 1.57. The molecule has 0 radical (unpaired) electrons. The van der Waals surface area contributed by atoms with E-state index in [-0.39, 0.29) is 24.7 Å². The Hall–Kier alpha value is -3.28. The average Bonchev–Trinajstić information content (AvgIpc) is 3.30. The molecule has 12 heteroatoms. The largest absolute Gasteiger partial charge is 0.434 e. The normalized spacial score (nSPS) is 16.7. The molecule has 3 aromatic rings. The van der Waals surface area contributed by atoms with E-state index in [4.69, 9.17) is 4.74 Å². The lowest BCUT2D eigenvalue weighted by Crippen LogP contribution is -2.50. The van der Waals surface area contributed by atoms with Crippen molar-refractivity contribution in [2.24, 2.45) is 7.05 Å². The molecule has 0 spiro atoms. The van der Waals surface area contributed by atoms with Crippen LogP contribution in [0.3, 0.4) is 0 Å². The Labute approximate surface area is 167 Å². The minimum atomic E-state index is -4.67. The van der Waals surface area contributed by atoms with Gasteiger partial charge in [0.1, 0.15) is 6.33 Å². The fourth-order valence-corrected chi connectivity index (χ4v) is 3.23. The Bertz CT molecular complexity index is 1070.